The number of aliphatic imine (C=N–C) groups is 1. The predicted octanol–water partition coefficient (Wildman–Crippen LogP) is 4.28. The van der Waals surface area contributed by atoms with Crippen molar-refractivity contribution in [3.63, 3.8) is 0 Å². The van der Waals surface area contributed by atoms with Gasteiger partial charge in [-0.15, -0.1) is 0 Å². The fraction of sp³-hybridized carbons (Fsp3) is 0.176. The van der Waals surface area contributed by atoms with Gasteiger partial charge in [0, 0.05) is 11.4 Å². The van der Waals surface area contributed by atoms with Crippen LogP contribution in [0, 0.1) is 0 Å². The first-order valence-electron chi connectivity index (χ1n) is 7.45. The highest BCUT2D eigenvalue weighted by atomic mass is 32.2. The molecule has 4 nitrogen and oxygen atoms in total. The Kier molecular flexibility index (Phi) is 4.98. The maximum atomic E-state index is 12.8. The number of carbonyl (C=O) groups excluding carboxylic acids is 1. The zero-order valence-corrected chi connectivity index (χ0v) is 13.7. The van der Waals surface area contributed by atoms with Crippen LogP contribution in [0.3, 0.4) is 0 Å². The molecule has 1 amide bonds. The Morgan fingerprint density at radius 1 is 1.12 bits per heavy atom. The maximum absolute atomic E-state index is 12.8. The quantitative estimate of drug-likeness (QED) is 0.854. The molecule has 1 heterocycles. The second-order valence-corrected chi connectivity index (χ2v) is 6.32. The fourth-order valence-electron chi connectivity index (χ4n) is 2.29. The van der Waals surface area contributed by atoms with Crippen molar-refractivity contribution in [2.75, 3.05) is 17.6 Å². The van der Waals surface area contributed by atoms with Gasteiger partial charge in [-0.1, -0.05) is 30.0 Å². The van der Waals surface area contributed by atoms with Crippen molar-refractivity contribution < 1.29 is 18.0 Å². The Bertz CT molecular complexity index is 821. The highest BCUT2D eigenvalue weighted by Crippen LogP contribution is 2.31. The number of benzene rings is 2. The number of amidine groups is 1. The lowest BCUT2D eigenvalue weighted by molar-refractivity contribution is -0.137. The van der Waals surface area contributed by atoms with Crippen LogP contribution in [0.4, 0.5) is 24.5 Å². The van der Waals surface area contributed by atoms with Crippen LogP contribution in [0.5, 0.6) is 0 Å². The van der Waals surface area contributed by atoms with E-state index in [0.717, 1.165) is 17.9 Å². The van der Waals surface area contributed by atoms with Gasteiger partial charge in [0.2, 0.25) is 0 Å². The molecule has 0 unspecified atom stereocenters. The highest BCUT2D eigenvalue weighted by Gasteiger charge is 2.30. The van der Waals surface area contributed by atoms with Gasteiger partial charge in [-0.3, -0.25) is 9.79 Å². The minimum absolute atomic E-state index is 0.252. The van der Waals surface area contributed by atoms with Gasteiger partial charge in [-0.25, -0.2) is 0 Å². The molecule has 130 valence electrons. The zero-order chi connectivity index (χ0) is 17.9. The average Bonchev–Trinajstić information content (AvgIpc) is 3.08. The lowest BCUT2D eigenvalue weighted by Crippen LogP contribution is -2.27. The number of nitrogens with one attached hydrogen (secondary N) is 2. The number of para-hydroxylation sites is 1. The van der Waals surface area contributed by atoms with Gasteiger partial charge in [0.05, 0.1) is 23.4 Å². The van der Waals surface area contributed by atoms with E-state index in [-0.39, 0.29) is 11.6 Å². The Morgan fingerprint density at radius 3 is 2.64 bits per heavy atom. The van der Waals surface area contributed by atoms with Crippen LogP contribution >= 0.6 is 11.8 Å². The van der Waals surface area contributed by atoms with E-state index in [0.29, 0.717) is 23.0 Å². The van der Waals surface area contributed by atoms with Gasteiger partial charge < -0.3 is 10.6 Å². The first-order valence-corrected chi connectivity index (χ1v) is 8.44. The molecule has 1 aliphatic heterocycles. The minimum Gasteiger partial charge on any atom is -0.355 e. The summed E-state index contributed by atoms with van der Waals surface area (Å²) in [6, 6.07) is 11.5. The molecule has 25 heavy (non-hydrogen) atoms. The lowest BCUT2D eigenvalue weighted by atomic mass is 10.1. The average molecular weight is 365 g/mol. The van der Waals surface area contributed by atoms with Gasteiger partial charge >= 0.3 is 6.18 Å². The van der Waals surface area contributed by atoms with E-state index in [1.54, 1.807) is 24.3 Å². The van der Waals surface area contributed by atoms with Crippen LogP contribution in [0.1, 0.15) is 15.9 Å². The van der Waals surface area contributed by atoms with Crippen molar-refractivity contribution in [1.82, 2.24) is 5.32 Å². The summed E-state index contributed by atoms with van der Waals surface area (Å²) in [5, 5.41) is 6.15. The molecule has 0 fully saturated rings. The largest absolute Gasteiger partial charge is 0.416 e. The van der Waals surface area contributed by atoms with E-state index in [1.807, 2.05) is 0 Å². The summed E-state index contributed by atoms with van der Waals surface area (Å²) in [7, 11) is 0. The molecule has 0 spiro atoms. The Morgan fingerprint density at radius 2 is 1.92 bits per heavy atom. The first kappa shape index (κ1) is 17.3. The van der Waals surface area contributed by atoms with Crippen LogP contribution in [0.15, 0.2) is 53.5 Å². The zero-order valence-electron chi connectivity index (χ0n) is 12.9. The van der Waals surface area contributed by atoms with Gasteiger partial charge in [-0.2, -0.15) is 13.2 Å². The van der Waals surface area contributed by atoms with E-state index in [4.69, 9.17) is 0 Å². The molecule has 3 rings (SSSR count). The molecular formula is C17H14F3N3OS. The van der Waals surface area contributed by atoms with Crippen LogP contribution in [-0.2, 0) is 6.18 Å². The summed E-state index contributed by atoms with van der Waals surface area (Å²) in [6.45, 7) is 0.657. The Hall–Kier alpha value is -2.48. The van der Waals surface area contributed by atoms with Crippen LogP contribution in [-0.4, -0.2) is 23.4 Å². The summed E-state index contributed by atoms with van der Waals surface area (Å²) in [4.78, 5) is 16.6. The summed E-state index contributed by atoms with van der Waals surface area (Å²) < 4.78 is 38.5. The second-order valence-electron chi connectivity index (χ2n) is 5.24. The summed E-state index contributed by atoms with van der Waals surface area (Å²) in [5.41, 5.74) is 0.247. The normalized spacial score (nSPS) is 14.1. The lowest BCUT2D eigenvalue weighted by Gasteiger charge is -2.13. The third kappa shape index (κ3) is 4.33. The standard InChI is InChI=1S/C17H14F3N3OS/c18-17(19,20)11-4-3-5-12(10-11)22-14-7-2-1-6-13(14)15(24)23-16-21-8-9-25-16/h1-7,10,22H,8-9H2,(H,21,23,24). The molecule has 0 radical (unpaired) electrons. The number of halogens is 3. The van der Waals surface area contributed by atoms with E-state index < -0.39 is 11.7 Å². The number of carbonyl (C=O) groups is 1. The summed E-state index contributed by atoms with van der Waals surface area (Å²) >= 11 is 1.45. The van der Waals surface area contributed by atoms with Crippen LogP contribution in [0.25, 0.3) is 0 Å². The minimum atomic E-state index is -4.42. The number of hydrogen-bond donors (Lipinski definition) is 2. The van der Waals surface area contributed by atoms with Crippen LogP contribution < -0.4 is 10.6 Å². The van der Waals surface area contributed by atoms with Crippen molar-refractivity contribution in [3.05, 3.63) is 59.7 Å². The molecule has 0 saturated carbocycles. The van der Waals surface area contributed by atoms with Gasteiger partial charge in [0.1, 0.15) is 0 Å². The van der Waals surface area contributed by atoms with E-state index in [2.05, 4.69) is 15.6 Å². The Labute approximate surface area is 146 Å². The molecule has 1 aliphatic rings. The number of amides is 1. The number of alkyl halides is 3. The highest BCUT2D eigenvalue weighted by molar-refractivity contribution is 8.14. The third-order valence-corrected chi connectivity index (χ3v) is 4.34. The topological polar surface area (TPSA) is 53.5 Å². The van der Waals surface area contributed by atoms with E-state index in [1.165, 1.54) is 23.9 Å². The first-order chi connectivity index (χ1) is 11.9. The molecular weight excluding hydrogens is 351 g/mol. The van der Waals surface area contributed by atoms with Crippen LogP contribution in [0.2, 0.25) is 0 Å². The predicted molar refractivity (Wildman–Crippen MR) is 93.4 cm³/mol. The number of thioether (sulfide) groups is 1. The molecule has 2 N–H and O–H groups in total. The van der Waals surface area contributed by atoms with E-state index >= 15 is 0 Å². The summed E-state index contributed by atoms with van der Waals surface area (Å²) in [5.74, 6) is 0.461. The van der Waals surface area contributed by atoms with Crippen molar-refractivity contribution in [2.24, 2.45) is 4.99 Å². The third-order valence-electron chi connectivity index (χ3n) is 3.45. The molecule has 0 bridgehead atoms. The molecule has 0 saturated heterocycles. The van der Waals surface area contributed by atoms with Crippen molar-refractivity contribution in [3.8, 4) is 0 Å². The van der Waals surface area contributed by atoms with Crippen molar-refractivity contribution in [2.45, 2.75) is 6.18 Å². The fourth-order valence-corrected chi connectivity index (χ4v) is 3.02. The molecule has 0 aromatic heterocycles. The molecule has 0 atom stereocenters. The summed E-state index contributed by atoms with van der Waals surface area (Å²) in [6.07, 6.45) is -4.42. The smallest absolute Gasteiger partial charge is 0.355 e. The monoisotopic (exact) mass is 365 g/mol. The Balaban J connectivity index is 1.83. The maximum Gasteiger partial charge on any atom is 0.416 e. The van der Waals surface area contributed by atoms with Crippen molar-refractivity contribution >= 4 is 34.2 Å². The number of anilines is 2. The second kappa shape index (κ2) is 7.18. The molecule has 0 aliphatic carbocycles. The number of nitrogens with zero attached hydrogens (tertiary/aromatic N) is 1. The van der Waals surface area contributed by atoms with Crippen molar-refractivity contribution in [1.29, 1.82) is 0 Å². The number of hydrogen-bond acceptors (Lipinski definition) is 4. The number of rotatable bonds is 3. The molecule has 2 aromatic carbocycles. The van der Waals surface area contributed by atoms with E-state index in [9.17, 15) is 18.0 Å². The van der Waals surface area contributed by atoms with Gasteiger partial charge in [0.15, 0.2) is 5.17 Å². The molecule has 2 aromatic rings. The molecule has 8 heteroatoms. The van der Waals surface area contributed by atoms with Gasteiger partial charge in [-0.05, 0) is 30.3 Å². The SMILES string of the molecule is O=C(NC1=NCCS1)c1ccccc1Nc1cccc(C(F)(F)F)c1. The van der Waals surface area contributed by atoms with Gasteiger partial charge in [0.25, 0.3) is 5.91 Å².